The highest BCUT2D eigenvalue weighted by Gasteiger charge is 2.42. The van der Waals surface area contributed by atoms with E-state index in [9.17, 15) is 14.4 Å². The van der Waals surface area contributed by atoms with Gasteiger partial charge in [0.1, 0.15) is 5.70 Å². The fraction of sp³-hybridized carbons (Fsp3) is 0.179. The fourth-order valence-electron chi connectivity index (χ4n) is 4.19. The van der Waals surface area contributed by atoms with E-state index in [0.29, 0.717) is 34.8 Å². The summed E-state index contributed by atoms with van der Waals surface area (Å²) in [5.74, 6) is -0.887. The summed E-state index contributed by atoms with van der Waals surface area (Å²) in [5, 5.41) is 2.73. The van der Waals surface area contributed by atoms with Crippen molar-refractivity contribution < 1.29 is 14.4 Å². The molecular formula is C28H27N3O3. The van der Waals surface area contributed by atoms with Crippen LogP contribution in [0.15, 0.2) is 78.5 Å². The lowest BCUT2D eigenvalue weighted by atomic mass is 10.0. The van der Waals surface area contributed by atoms with Gasteiger partial charge in [0.15, 0.2) is 0 Å². The first kappa shape index (κ1) is 23.0. The monoisotopic (exact) mass is 453 g/mol. The molecule has 0 bridgehead atoms. The van der Waals surface area contributed by atoms with Gasteiger partial charge >= 0.3 is 0 Å². The number of amides is 3. The fourth-order valence-corrected chi connectivity index (χ4v) is 4.19. The maximum absolute atomic E-state index is 13.8. The van der Waals surface area contributed by atoms with Crippen LogP contribution in [0.4, 0.5) is 11.4 Å². The third-order valence-electron chi connectivity index (χ3n) is 6.01. The molecule has 6 heteroatoms. The number of anilines is 2. The number of carbonyl (C=O) groups excluding carboxylic acids is 3. The first-order valence-corrected chi connectivity index (χ1v) is 11.1. The van der Waals surface area contributed by atoms with Gasteiger partial charge in [0, 0.05) is 26.2 Å². The van der Waals surface area contributed by atoms with Crippen LogP contribution in [0.3, 0.4) is 0 Å². The van der Waals surface area contributed by atoms with Crippen molar-refractivity contribution in [1.82, 2.24) is 4.90 Å². The molecule has 6 nitrogen and oxygen atoms in total. The molecular weight excluding hydrogens is 426 g/mol. The summed E-state index contributed by atoms with van der Waals surface area (Å²) in [7, 11) is 1.83. The van der Waals surface area contributed by atoms with Crippen molar-refractivity contribution in [2.45, 2.75) is 27.3 Å². The Labute approximate surface area is 199 Å². The first-order chi connectivity index (χ1) is 16.3. The topological polar surface area (TPSA) is 69.7 Å². The second-order valence-electron chi connectivity index (χ2n) is 8.49. The minimum Gasteiger partial charge on any atom is -0.365 e. The number of nitrogens with zero attached hydrogens (tertiary/aromatic N) is 2. The summed E-state index contributed by atoms with van der Waals surface area (Å²) in [6.45, 7) is 5.79. The molecule has 3 aromatic rings. The standard InChI is InChI=1S/C28H27N3O3/c1-18-9-8-12-24(19(18)2)31-27(33)25(22-13-15-23(16-14-22)29-20(3)32)26(28(31)34)30(4)17-21-10-6-5-7-11-21/h5-16H,17H2,1-4H3,(H,29,32). The zero-order valence-electron chi connectivity index (χ0n) is 19.8. The highest BCUT2D eigenvalue weighted by Crippen LogP contribution is 2.37. The van der Waals surface area contributed by atoms with Gasteiger partial charge in [-0.05, 0) is 54.3 Å². The normalized spacial score (nSPS) is 13.5. The Morgan fingerprint density at radius 2 is 1.56 bits per heavy atom. The molecule has 0 aliphatic carbocycles. The van der Waals surface area contributed by atoms with Gasteiger partial charge in [-0.2, -0.15) is 0 Å². The van der Waals surface area contributed by atoms with Gasteiger partial charge in [-0.1, -0.05) is 54.6 Å². The Morgan fingerprint density at radius 3 is 2.21 bits per heavy atom. The molecule has 1 aliphatic rings. The minimum absolute atomic E-state index is 0.177. The van der Waals surface area contributed by atoms with Gasteiger partial charge in [-0.15, -0.1) is 0 Å². The predicted octanol–water partition coefficient (Wildman–Crippen LogP) is 4.68. The smallest absolute Gasteiger partial charge is 0.282 e. The Kier molecular flexibility index (Phi) is 6.32. The van der Waals surface area contributed by atoms with Gasteiger partial charge in [-0.25, -0.2) is 4.90 Å². The summed E-state index contributed by atoms with van der Waals surface area (Å²) in [5.41, 5.74) is 5.45. The largest absolute Gasteiger partial charge is 0.365 e. The summed E-state index contributed by atoms with van der Waals surface area (Å²) in [6.07, 6.45) is 0. The minimum atomic E-state index is -0.360. The number of nitrogens with one attached hydrogen (secondary N) is 1. The quantitative estimate of drug-likeness (QED) is 0.551. The molecule has 0 saturated carbocycles. The van der Waals surface area contributed by atoms with Crippen LogP contribution in [0.1, 0.15) is 29.2 Å². The Bertz CT molecular complexity index is 1290. The summed E-state index contributed by atoms with van der Waals surface area (Å²) in [4.78, 5) is 42.0. The second-order valence-corrected chi connectivity index (χ2v) is 8.49. The third-order valence-corrected chi connectivity index (χ3v) is 6.01. The van der Waals surface area contributed by atoms with Crippen molar-refractivity contribution in [2.24, 2.45) is 0 Å². The van der Waals surface area contributed by atoms with Crippen LogP contribution >= 0.6 is 0 Å². The molecule has 0 spiro atoms. The van der Waals surface area contributed by atoms with Crippen LogP contribution in [-0.4, -0.2) is 29.7 Å². The molecule has 0 atom stereocenters. The van der Waals surface area contributed by atoms with Gasteiger partial charge in [0.25, 0.3) is 11.8 Å². The van der Waals surface area contributed by atoms with Crippen LogP contribution in [-0.2, 0) is 20.9 Å². The van der Waals surface area contributed by atoms with Crippen LogP contribution in [0.5, 0.6) is 0 Å². The van der Waals surface area contributed by atoms with E-state index in [4.69, 9.17) is 0 Å². The second kappa shape index (κ2) is 9.35. The van der Waals surface area contributed by atoms with E-state index in [1.807, 2.05) is 68.3 Å². The number of benzene rings is 3. The van der Waals surface area contributed by atoms with Crippen molar-refractivity contribution in [2.75, 3.05) is 17.3 Å². The highest BCUT2D eigenvalue weighted by atomic mass is 16.2. The van der Waals surface area contributed by atoms with Gasteiger partial charge < -0.3 is 10.2 Å². The van der Waals surface area contributed by atoms with Crippen molar-refractivity contribution in [3.8, 4) is 0 Å². The maximum atomic E-state index is 13.8. The average Bonchev–Trinajstić information content (AvgIpc) is 3.06. The number of aryl methyl sites for hydroxylation is 1. The molecule has 0 unspecified atom stereocenters. The summed E-state index contributed by atoms with van der Waals surface area (Å²) < 4.78 is 0. The molecule has 3 aromatic carbocycles. The van der Waals surface area contributed by atoms with Crippen molar-refractivity contribution in [1.29, 1.82) is 0 Å². The van der Waals surface area contributed by atoms with Crippen molar-refractivity contribution in [3.05, 3.63) is 101 Å². The summed E-state index contributed by atoms with van der Waals surface area (Å²) in [6, 6.07) is 22.4. The highest BCUT2D eigenvalue weighted by molar-refractivity contribution is 6.45. The lowest BCUT2D eigenvalue weighted by molar-refractivity contribution is -0.120. The van der Waals surface area contributed by atoms with E-state index in [1.54, 1.807) is 30.3 Å². The van der Waals surface area contributed by atoms with Gasteiger partial charge in [-0.3, -0.25) is 14.4 Å². The number of hydrogen-bond acceptors (Lipinski definition) is 4. The Morgan fingerprint density at radius 1 is 0.882 bits per heavy atom. The lowest BCUT2D eigenvalue weighted by Crippen LogP contribution is -2.34. The number of hydrogen-bond donors (Lipinski definition) is 1. The van der Waals surface area contributed by atoms with E-state index >= 15 is 0 Å². The Balaban J connectivity index is 1.80. The molecule has 0 radical (unpaired) electrons. The Hall–Kier alpha value is -4.19. The number of carbonyl (C=O) groups is 3. The predicted molar refractivity (Wildman–Crippen MR) is 134 cm³/mol. The molecule has 4 rings (SSSR count). The van der Waals surface area contributed by atoms with E-state index < -0.39 is 0 Å². The molecule has 0 fully saturated rings. The molecule has 1 aliphatic heterocycles. The average molecular weight is 454 g/mol. The molecule has 1 N–H and O–H groups in total. The van der Waals surface area contributed by atoms with E-state index in [2.05, 4.69) is 5.32 Å². The third kappa shape index (κ3) is 4.35. The van der Waals surface area contributed by atoms with Gasteiger partial charge in [0.2, 0.25) is 5.91 Å². The van der Waals surface area contributed by atoms with Gasteiger partial charge in [0.05, 0.1) is 11.3 Å². The lowest BCUT2D eigenvalue weighted by Gasteiger charge is -2.22. The van der Waals surface area contributed by atoms with E-state index in [1.165, 1.54) is 11.8 Å². The zero-order valence-corrected chi connectivity index (χ0v) is 19.8. The molecule has 34 heavy (non-hydrogen) atoms. The van der Waals surface area contributed by atoms with Crippen molar-refractivity contribution in [3.63, 3.8) is 0 Å². The number of rotatable bonds is 6. The SMILES string of the molecule is CC(=O)Nc1ccc(C2=C(N(C)Cc3ccccc3)C(=O)N(c3cccc(C)c3C)C2=O)cc1. The zero-order chi connectivity index (χ0) is 24.4. The number of imide groups is 1. The van der Waals surface area contributed by atoms with Crippen LogP contribution < -0.4 is 10.2 Å². The molecule has 1 heterocycles. The van der Waals surface area contributed by atoms with Crippen LogP contribution in [0, 0.1) is 13.8 Å². The molecule has 172 valence electrons. The molecule has 3 amide bonds. The molecule has 0 aromatic heterocycles. The van der Waals surface area contributed by atoms with Crippen LogP contribution in [0.25, 0.3) is 5.57 Å². The first-order valence-electron chi connectivity index (χ1n) is 11.1. The maximum Gasteiger partial charge on any atom is 0.282 e. The molecule has 0 saturated heterocycles. The van der Waals surface area contributed by atoms with E-state index in [0.717, 1.165) is 16.7 Å². The van der Waals surface area contributed by atoms with E-state index in [-0.39, 0.29) is 17.7 Å². The summed E-state index contributed by atoms with van der Waals surface area (Å²) >= 11 is 0. The number of likely N-dealkylation sites (N-methyl/N-ethyl adjacent to an activating group) is 1. The van der Waals surface area contributed by atoms with Crippen LogP contribution in [0.2, 0.25) is 0 Å². The van der Waals surface area contributed by atoms with Crippen molar-refractivity contribution >= 4 is 34.7 Å².